The second-order valence-electron chi connectivity index (χ2n) is 7.54. The highest BCUT2D eigenvalue weighted by Crippen LogP contribution is 2.27. The van der Waals surface area contributed by atoms with Gasteiger partial charge in [-0.3, -0.25) is 9.10 Å². The molecular weight excluding hydrogens is 472 g/mol. The Morgan fingerprint density at radius 1 is 0.829 bits per heavy atom. The van der Waals surface area contributed by atoms with Crippen LogP contribution >= 0.6 is 0 Å². The van der Waals surface area contributed by atoms with Gasteiger partial charge < -0.3 is 14.8 Å². The number of aryl methyl sites for hydroxylation is 1. The van der Waals surface area contributed by atoms with Gasteiger partial charge in [-0.2, -0.15) is 0 Å². The van der Waals surface area contributed by atoms with Crippen molar-refractivity contribution < 1.29 is 32.3 Å². The zero-order valence-corrected chi connectivity index (χ0v) is 20.4. The van der Waals surface area contributed by atoms with Crippen LogP contribution < -0.4 is 9.62 Å². The van der Waals surface area contributed by atoms with Crippen molar-refractivity contribution >= 4 is 39.2 Å². The van der Waals surface area contributed by atoms with E-state index in [0.29, 0.717) is 0 Å². The maximum Gasteiger partial charge on any atom is 0.337 e. The van der Waals surface area contributed by atoms with E-state index in [1.807, 2.05) is 6.92 Å². The summed E-state index contributed by atoms with van der Waals surface area (Å²) in [6.07, 6.45) is 0. The molecule has 0 aromatic heterocycles. The predicted molar refractivity (Wildman–Crippen MR) is 130 cm³/mol. The van der Waals surface area contributed by atoms with Crippen LogP contribution in [0.15, 0.2) is 71.6 Å². The maximum atomic E-state index is 13.2. The molecule has 3 aromatic carbocycles. The van der Waals surface area contributed by atoms with Gasteiger partial charge in [-0.05, 0) is 49.4 Å². The lowest BCUT2D eigenvalue weighted by atomic mass is 10.1. The van der Waals surface area contributed by atoms with Crippen LogP contribution in [0, 0.1) is 6.92 Å². The summed E-state index contributed by atoms with van der Waals surface area (Å²) < 4.78 is 36.8. The molecule has 1 amide bonds. The van der Waals surface area contributed by atoms with Gasteiger partial charge in [0.05, 0.1) is 41.5 Å². The fraction of sp³-hybridized carbons (Fsp3) is 0.160. The third kappa shape index (κ3) is 5.49. The number of amides is 1. The van der Waals surface area contributed by atoms with Gasteiger partial charge in [0.1, 0.15) is 0 Å². The van der Waals surface area contributed by atoms with Crippen molar-refractivity contribution in [1.29, 1.82) is 0 Å². The zero-order valence-electron chi connectivity index (χ0n) is 19.6. The molecule has 0 spiro atoms. The summed E-state index contributed by atoms with van der Waals surface area (Å²) in [5.41, 5.74) is 1.29. The number of sulfonamides is 1. The van der Waals surface area contributed by atoms with E-state index in [0.717, 1.165) is 9.87 Å². The molecule has 1 N–H and O–H groups in total. The first-order valence-corrected chi connectivity index (χ1v) is 11.8. The van der Waals surface area contributed by atoms with Crippen LogP contribution in [-0.4, -0.2) is 47.5 Å². The molecule has 0 saturated heterocycles. The predicted octanol–water partition coefficient (Wildman–Crippen LogP) is 3.65. The Morgan fingerprint density at radius 2 is 1.37 bits per heavy atom. The van der Waals surface area contributed by atoms with Gasteiger partial charge in [0, 0.05) is 12.7 Å². The summed E-state index contributed by atoms with van der Waals surface area (Å²) in [4.78, 5) is 37.3. The van der Waals surface area contributed by atoms with Gasteiger partial charge in [-0.1, -0.05) is 29.8 Å². The molecule has 10 heteroatoms. The molecule has 0 bridgehead atoms. The Morgan fingerprint density at radius 3 is 1.91 bits per heavy atom. The summed E-state index contributed by atoms with van der Waals surface area (Å²) in [7, 11) is -0.221. The second-order valence-corrected chi connectivity index (χ2v) is 9.51. The number of benzene rings is 3. The van der Waals surface area contributed by atoms with Crippen LogP contribution in [0.4, 0.5) is 11.4 Å². The third-order valence-corrected chi connectivity index (χ3v) is 6.99. The molecule has 182 valence electrons. The SMILES string of the molecule is COC(=O)c1cc(NC(=O)c2ccccc2N(C)S(=O)(=O)c2ccc(C)cc2)cc(C(=O)OC)c1. The lowest BCUT2D eigenvalue weighted by Gasteiger charge is -2.22. The number of anilines is 2. The molecule has 0 unspecified atom stereocenters. The van der Waals surface area contributed by atoms with E-state index in [4.69, 9.17) is 9.47 Å². The summed E-state index contributed by atoms with van der Waals surface area (Å²) >= 11 is 0. The van der Waals surface area contributed by atoms with Gasteiger partial charge >= 0.3 is 11.9 Å². The Hall–Kier alpha value is -4.18. The molecule has 3 rings (SSSR count). The van der Waals surface area contributed by atoms with E-state index < -0.39 is 27.9 Å². The molecule has 0 aliphatic heterocycles. The number of carbonyl (C=O) groups is 3. The Bertz CT molecular complexity index is 1350. The molecule has 9 nitrogen and oxygen atoms in total. The maximum absolute atomic E-state index is 13.2. The van der Waals surface area contributed by atoms with E-state index in [2.05, 4.69) is 5.32 Å². The van der Waals surface area contributed by atoms with Crippen LogP contribution in [0.2, 0.25) is 0 Å². The number of methoxy groups -OCH3 is 2. The van der Waals surface area contributed by atoms with Crippen molar-refractivity contribution in [3.8, 4) is 0 Å². The molecule has 0 fully saturated rings. The van der Waals surface area contributed by atoms with E-state index in [1.54, 1.807) is 24.3 Å². The molecule has 0 aliphatic carbocycles. The lowest BCUT2D eigenvalue weighted by molar-refractivity contribution is 0.0598. The van der Waals surface area contributed by atoms with Gasteiger partial charge in [0.15, 0.2) is 0 Å². The number of esters is 2. The summed E-state index contributed by atoms with van der Waals surface area (Å²) in [6.45, 7) is 1.85. The molecule has 0 atom stereocenters. The first-order valence-electron chi connectivity index (χ1n) is 10.4. The minimum Gasteiger partial charge on any atom is -0.465 e. The molecule has 3 aromatic rings. The van der Waals surface area contributed by atoms with Crippen molar-refractivity contribution in [2.24, 2.45) is 0 Å². The molecule has 0 radical (unpaired) electrons. The second kappa shape index (κ2) is 10.4. The van der Waals surface area contributed by atoms with Gasteiger partial charge in [-0.25, -0.2) is 18.0 Å². The summed E-state index contributed by atoms with van der Waals surface area (Å²) in [6, 6.07) is 16.5. The van der Waals surface area contributed by atoms with Crippen molar-refractivity contribution in [3.63, 3.8) is 0 Å². The minimum absolute atomic E-state index is 0.0260. The summed E-state index contributed by atoms with van der Waals surface area (Å²) in [5.74, 6) is -2.07. The van der Waals surface area contributed by atoms with Gasteiger partial charge in [-0.15, -0.1) is 0 Å². The smallest absolute Gasteiger partial charge is 0.337 e. The molecule has 35 heavy (non-hydrogen) atoms. The minimum atomic E-state index is -3.95. The largest absolute Gasteiger partial charge is 0.465 e. The zero-order chi connectivity index (χ0) is 25.8. The summed E-state index contributed by atoms with van der Waals surface area (Å²) in [5, 5.41) is 2.61. The van der Waals surface area contributed by atoms with Crippen LogP contribution in [-0.2, 0) is 19.5 Å². The van der Waals surface area contributed by atoms with E-state index in [-0.39, 0.29) is 33.0 Å². The molecular formula is C25H24N2O7S. The van der Waals surface area contributed by atoms with Gasteiger partial charge in [0.25, 0.3) is 15.9 Å². The van der Waals surface area contributed by atoms with Crippen molar-refractivity contribution in [1.82, 2.24) is 0 Å². The number of hydrogen-bond acceptors (Lipinski definition) is 7. The topological polar surface area (TPSA) is 119 Å². The average Bonchev–Trinajstić information content (AvgIpc) is 2.87. The van der Waals surface area contributed by atoms with Crippen LogP contribution in [0.5, 0.6) is 0 Å². The van der Waals surface area contributed by atoms with E-state index >= 15 is 0 Å². The Balaban J connectivity index is 1.98. The third-order valence-electron chi connectivity index (χ3n) is 5.20. The number of nitrogens with zero attached hydrogens (tertiary/aromatic N) is 1. The van der Waals surface area contributed by atoms with Crippen LogP contribution in [0.1, 0.15) is 36.6 Å². The quantitative estimate of drug-likeness (QED) is 0.496. The first-order chi connectivity index (χ1) is 16.6. The number of ether oxygens (including phenoxy) is 2. The molecule has 0 aliphatic rings. The van der Waals surface area contributed by atoms with E-state index in [1.165, 1.54) is 63.7 Å². The normalized spacial score (nSPS) is 10.9. The fourth-order valence-electron chi connectivity index (χ4n) is 3.31. The molecule has 0 heterocycles. The number of carbonyl (C=O) groups excluding carboxylic acids is 3. The average molecular weight is 497 g/mol. The Kier molecular flexibility index (Phi) is 7.55. The van der Waals surface area contributed by atoms with Crippen molar-refractivity contribution in [2.45, 2.75) is 11.8 Å². The van der Waals surface area contributed by atoms with E-state index in [9.17, 15) is 22.8 Å². The monoisotopic (exact) mass is 496 g/mol. The first kappa shape index (κ1) is 25.4. The van der Waals surface area contributed by atoms with Crippen molar-refractivity contribution in [3.05, 3.63) is 89.0 Å². The highest BCUT2D eigenvalue weighted by atomic mass is 32.2. The van der Waals surface area contributed by atoms with Crippen LogP contribution in [0.25, 0.3) is 0 Å². The lowest BCUT2D eigenvalue weighted by Crippen LogP contribution is -2.29. The number of hydrogen-bond donors (Lipinski definition) is 1. The highest BCUT2D eigenvalue weighted by Gasteiger charge is 2.25. The number of para-hydroxylation sites is 1. The molecule has 0 saturated carbocycles. The van der Waals surface area contributed by atoms with Crippen LogP contribution in [0.3, 0.4) is 0 Å². The Labute approximate surface area is 203 Å². The highest BCUT2D eigenvalue weighted by molar-refractivity contribution is 7.92. The number of rotatable bonds is 7. The number of nitrogens with one attached hydrogen (secondary N) is 1. The standard InChI is InChI=1S/C25H24N2O7S/c1-16-9-11-20(12-10-16)35(31,32)27(2)22-8-6-5-7-21(22)23(28)26-19-14-17(24(29)33-3)13-18(15-19)25(30)34-4/h5-15H,1-4H3,(H,26,28). The fourth-order valence-corrected chi connectivity index (χ4v) is 4.52. The van der Waals surface area contributed by atoms with Gasteiger partial charge in [0.2, 0.25) is 0 Å². The van der Waals surface area contributed by atoms with Crippen molar-refractivity contribution in [2.75, 3.05) is 30.9 Å².